The average Bonchev–Trinajstić information content (AvgIpc) is 2.96. The molecule has 4 rings (SSSR count). The van der Waals surface area contributed by atoms with Crippen LogP contribution in [0.25, 0.3) is 0 Å². The van der Waals surface area contributed by atoms with Gasteiger partial charge in [0.15, 0.2) is 0 Å². The number of sulfonamides is 2. The Morgan fingerprint density at radius 2 is 1.60 bits per heavy atom. The Kier molecular flexibility index (Phi) is 9.33. The van der Waals surface area contributed by atoms with E-state index in [4.69, 9.17) is 9.47 Å². The molecule has 40 heavy (non-hydrogen) atoms. The van der Waals surface area contributed by atoms with Gasteiger partial charge in [-0.1, -0.05) is 6.42 Å². The van der Waals surface area contributed by atoms with Crippen LogP contribution in [0.5, 0.6) is 5.75 Å². The number of piperidine rings is 1. The monoisotopic (exact) mass is 594 g/mol. The number of hydrogen-bond donors (Lipinski definition) is 1. The van der Waals surface area contributed by atoms with Crippen LogP contribution in [-0.2, 0) is 29.6 Å². The van der Waals surface area contributed by atoms with Crippen LogP contribution in [0.3, 0.4) is 0 Å². The van der Waals surface area contributed by atoms with Gasteiger partial charge < -0.3 is 19.7 Å². The maximum Gasteiger partial charge on any atom is 0.254 e. The molecule has 2 aromatic rings. The first-order valence-electron chi connectivity index (χ1n) is 12.9. The molecule has 0 bridgehead atoms. The highest BCUT2D eigenvalue weighted by molar-refractivity contribution is 7.92. The first kappa shape index (κ1) is 29.8. The smallest absolute Gasteiger partial charge is 0.254 e. The van der Waals surface area contributed by atoms with Crippen molar-refractivity contribution in [2.45, 2.75) is 24.2 Å². The molecular weight excluding hydrogens is 560 g/mol. The van der Waals surface area contributed by atoms with Crippen LogP contribution in [0.1, 0.15) is 29.6 Å². The molecule has 1 N–H and O–H groups in total. The highest BCUT2D eigenvalue weighted by Gasteiger charge is 2.30. The Morgan fingerprint density at radius 3 is 2.20 bits per heavy atom. The minimum absolute atomic E-state index is 0.0739. The molecule has 2 aliphatic rings. The third-order valence-electron chi connectivity index (χ3n) is 6.77. The van der Waals surface area contributed by atoms with E-state index < -0.39 is 32.5 Å². The van der Waals surface area contributed by atoms with E-state index in [9.17, 15) is 26.4 Å². The lowest BCUT2D eigenvalue weighted by Gasteiger charge is -2.27. The van der Waals surface area contributed by atoms with E-state index in [0.717, 1.165) is 29.8 Å². The number of nitrogens with zero attached hydrogens (tertiary/aromatic N) is 3. The number of morpholine rings is 1. The van der Waals surface area contributed by atoms with Crippen LogP contribution >= 0.6 is 0 Å². The lowest BCUT2D eigenvalue weighted by Crippen LogP contribution is -2.40. The van der Waals surface area contributed by atoms with Crippen molar-refractivity contribution >= 4 is 43.2 Å². The fraction of sp³-hybridized carbons (Fsp3) is 0.462. The Labute approximate surface area is 234 Å². The van der Waals surface area contributed by atoms with E-state index in [1.54, 1.807) is 4.90 Å². The zero-order chi connectivity index (χ0) is 28.9. The van der Waals surface area contributed by atoms with Crippen molar-refractivity contribution < 1.29 is 35.9 Å². The fourth-order valence-corrected chi connectivity index (χ4v) is 7.21. The molecule has 0 spiro atoms. The SMILES string of the molecule is COc1ccc(NC(=O)CN(c2ccc(C(=O)N3CCOCC3)cc2)S(C)(=O)=O)cc1S(=O)(=O)N1CCCCC1. The summed E-state index contributed by atoms with van der Waals surface area (Å²) in [6, 6.07) is 10.2. The topological polar surface area (TPSA) is 143 Å². The molecule has 0 atom stereocenters. The number of ether oxygens (including phenoxy) is 2. The number of benzene rings is 2. The van der Waals surface area contributed by atoms with E-state index in [0.29, 0.717) is 45.0 Å². The second-order valence-electron chi connectivity index (χ2n) is 9.60. The number of carbonyl (C=O) groups excluding carboxylic acids is 2. The van der Waals surface area contributed by atoms with Gasteiger partial charge in [0, 0.05) is 37.4 Å². The molecule has 2 heterocycles. The number of amides is 2. The first-order chi connectivity index (χ1) is 19.0. The third kappa shape index (κ3) is 6.92. The third-order valence-corrected chi connectivity index (χ3v) is 9.83. The maximum absolute atomic E-state index is 13.3. The molecule has 2 aromatic carbocycles. The van der Waals surface area contributed by atoms with E-state index in [-0.39, 0.29) is 27.9 Å². The molecule has 12 nitrogen and oxygen atoms in total. The summed E-state index contributed by atoms with van der Waals surface area (Å²) in [5.74, 6) is -0.716. The number of nitrogens with one attached hydrogen (secondary N) is 1. The van der Waals surface area contributed by atoms with Crippen molar-refractivity contribution in [3.8, 4) is 5.75 Å². The number of hydrogen-bond acceptors (Lipinski definition) is 8. The quantitative estimate of drug-likeness (QED) is 0.463. The van der Waals surface area contributed by atoms with Crippen LogP contribution in [-0.4, -0.2) is 97.2 Å². The van der Waals surface area contributed by atoms with Gasteiger partial charge in [-0.25, -0.2) is 16.8 Å². The van der Waals surface area contributed by atoms with Crippen molar-refractivity contribution in [1.82, 2.24) is 9.21 Å². The minimum Gasteiger partial charge on any atom is -0.495 e. The number of carbonyl (C=O) groups is 2. The van der Waals surface area contributed by atoms with Crippen LogP contribution in [0, 0.1) is 0 Å². The number of methoxy groups -OCH3 is 1. The molecule has 2 fully saturated rings. The lowest BCUT2D eigenvalue weighted by atomic mass is 10.1. The van der Waals surface area contributed by atoms with Gasteiger partial charge in [0.1, 0.15) is 17.2 Å². The molecule has 2 aliphatic heterocycles. The summed E-state index contributed by atoms with van der Waals surface area (Å²) in [4.78, 5) is 27.3. The van der Waals surface area contributed by atoms with Crippen molar-refractivity contribution in [3.63, 3.8) is 0 Å². The van der Waals surface area contributed by atoms with Crippen LogP contribution in [0.2, 0.25) is 0 Å². The standard InChI is InChI=1S/C26H34N4O8S2/c1-37-23-11-8-21(18-24(23)40(35,36)29-12-4-3-5-13-29)27-25(31)19-30(39(2,33)34)22-9-6-20(7-10-22)26(32)28-14-16-38-17-15-28/h6-11,18H,3-5,12-17,19H2,1-2H3,(H,27,31). The molecule has 0 saturated carbocycles. The molecule has 0 unspecified atom stereocenters. The molecule has 0 radical (unpaired) electrons. The fourth-order valence-electron chi connectivity index (χ4n) is 4.65. The summed E-state index contributed by atoms with van der Waals surface area (Å²) in [6.45, 7) is 2.12. The summed E-state index contributed by atoms with van der Waals surface area (Å²) in [5.41, 5.74) is 0.782. The zero-order valence-corrected chi connectivity index (χ0v) is 24.2. The molecule has 2 amide bonds. The Morgan fingerprint density at radius 1 is 0.950 bits per heavy atom. The van der Waals surface area contributed by atoms with Gasteiger partial charge in [0.05, 0.1) is 32.3 Å². The van der Waals surface area contributed by atoms with E-state index in [1.807, 2.05) is 0 Å². The van der Waals surface area contributed by atoms with Gasteiger partial charge in [-0.2, -0.15) is 4.31 Å². The summed E-state index contributed by atoms with van der Waals surface area (Å²) in [7, 11) is -6.37. The minimum atomic E-state index is -3.88. The highest BCUT2D eigenvalue weighted by Crippen LogP contribution is 2.31. The van der Waals surface area contributed by atoms with Crippen LogP contribution in [0.15, 0.2) is 47.4 Å². The second kappa shape index (κ2) is 12.5. The molecule has 0 aliphatic carbocycles. The Balaban J connectivity index is 1.50. The van der Waals surface area contributed by atoms with Gasteiger partial charge in [-0.05, 0) is 55.3 Å². The summed E-state index contributed by atoms with van der Waals surface area (Å²) in [5, 5.41) is 2.60. The second-order valence-corrected chi connectivity index (χ2v) is 13.4. The average molecular weight is 595 g/mol. The van der Waals surface area contributed by atoms with Crippen molar-refractivity contribution in [1.29, 1.82) is 0 Å². The van der Waals surface area contributed by atoms with Crippen molar-refractivity contribution in [2.24, 2.45) is 0 Å². The zero-order valence-electron chi connectivity index (χ0n) is 22.5. The van der Waals surface area contributed by atoms with Gasteiger partial charge >= 0.3 is 0 Å². The Hall–Kier alpha value is -3.20. The van der Waals surface area contributed by atoms with Crippen molar-refractivity contribution in [2.75, 3.05) is 68.9 Å². The van der Waals surface area contributed by atoms with Gasteiger partial charge in [-0.15, -0.1) is 0 Å². The summed E-state index contributed by atoms with van der Waals surface area (Å²) < 4.78 is 64.6. The summed E-state index contributed by atoms with van der Waals surface area (Å²) in [6.07, 6.45) is 3.47. The van der Waals surface area contributed by atoms with Crippen LogP contribution in [0.4, 0.5) is 11.4 Å². The van der Waals surface area contributed by atoms with Gasteiger partial charge in [0.25, 0.3) is 5.91 Å². The largest absolute Gasteiger partial charge is 0.495 e. The molecule has 14 heteroatoms. The van der Waals surface area contributed by atoms with E-state index in [1.165, 1.54) is 53.9 Å². The maximum atomic E-state index is 13.3. The number of rotatable bonds is 9. The predicted molar refractivity (Wildman–Crippen MR) is 150 cm³/mol. The van der Waals surface area contributed by atoms with E-state index >= 15 is 0 Å². The first-order valence-corrected chi connectivity index (χ1v) is 16.2. The van der Waals surface area contributed by atoms with Gasteiger partial charge in [0.2, 0.25) is 26.0 Å². The Bertz CT molecular complexity index is 1430. The normalized spacial score (nSPS) is 16.8. The molecule has 2 saturated heterocycles. The van der Waals surface area contributed by atoms with Gasteiger partial charge in [-0.3, -0.25) is 13.9 Å². The molecular formula is C26H34N4O8S2. The molecule has 0 aromatic heterocycles. The summed E-state index contributed by atoms with van der Waals surface area (Å²) >= 11 is 0. The van der Waals surface area contributed by atoms with Crippen molar-refractivity contribution in [3.05, 3.63) is 48.0 Å². The molecule has 218 valence electrons. The van der Waals surface area contributed by atoms with Crippen LogP contribution < -0.4 is 14.4 Å². The lowest BCUT2D eigenvalue weighted by molar-refractivity contribution is -0.114. The predicted octanol–water partition coefficient (Wildman–Crippen LogP) is 1.75. The van der Waals surface area contributed by atoms with E-state index in [2.05, 4.69) is 5.32 Å². The highest BCUT2D eigenvalue weighted by atomic mass is 32.2. The number of anilines is 2.